The van der Waals surface area contributed by atoms with Gasteiger partial charge in [0.25, 0.3) is 0 Å². The standard InChI is InChI=1S/C13H18N2O4S/c1-20(18,19)8-7-12(16)15-11(13(14)17)9-10-5-3-2-4-6-10/h2-6,11H,7-9H2,1H3,(H2,14,17)(H,15,16)/t11-/m0/s1. The lowest BCUT2D eigenvalue weighted by molar-refractivity contribution is -0.127. The van der Waals surface area contributed by atoms with Crippen molar-refractivity contribution in [2.75, 3.05) is 12.0 Å². The lowest BCUT2D eigenvalue weighted by atomic mass is 10.1. The predicted molar refractivity (Wildman–Crippen MR) is 75.6 cm³/mol. The smallest absolute Gasteiger partial charge is 0.240 e. The predicted octanol–water partition coefficient (Wildman–Crippen LogP) is -0.366. The van der Waals surface area contributed by atoms with E-state index in [2.05, 4.69) is 5.32 Å². The van der Waals surface area contributed by atoms with Crippen LogP contribution in [0.2, 0.25) is 0 Å². The highest BCUT2D eigenvalue weighted by atomic mass is 32.2. The number of carbonyl (C=O) groups is 2. The van der Waals surface area contributed by atoms with Crippen molar-refractivity contribution in [1.29, 1.82) is 0 Å². The van der Waals surface area contributed by atoms with E-state index < -0.39 is 27.7 Å². The highest BCUT2D eigenvalue weighted by molar-refractivity contribution is 7.90. The molecule has 0 aliphatic heterocycles. The summed E-state index contributed by atoms with van der Waals surface area (Å²) >= 11 is 0. The number of nitrogens with one attached hydrogen (secondary N) is 1. The van der Waals surface area contributed by atoms with Gasteiger partial charge in [-0.15, -0.1) is 0 Å². The number of hydrogen-bond donors (Lipinski definition) is 2. The lowest BCUT2D eigenvalue weighted by Gasteiger charge is -2.15. The fourth-order valence-electron chi connectivity index (χ4n) is 1.62. The van der Waals surface area contributed by atoms with Gasteiger partial charge in [0.2, 0.25) is 11.8 Å². The van der Waals surface area contributed by atoms with Gasteiger partial charge in [-0.1, -0.05) is 30.3 Å². The van der Waals surface area contributed by atoms with E-state index in [0.29, 0.717) is 0 Å². The molecule has 0 fully saturated rings. The Morgan fingerprint density at radius 1 is 1.25 bits per heavy atom. The molecule has 3 N–H and O–H groups in total. The Bertz CT molecular complexity index is 569. The first-order valence-electron chi connectivity index (χ1n) is 6.08. The number of carbonyl (C=O) groups excluding carboxylic acids is 2. The first-order valence-corrected chi connectivity index (χ1v) is 8.14. The van der Waals surface area contributed by atoms with E-state index in [1.165, 1.54) is 0 Å². The first kappa shape index (κ1) is 16.2. The van der Waals surface area contributed by atoms with Crippen LogP contribution in [0.25, 0.3) is 0 Å². The molecule has 0 aromatic heterocycles. The van der Waals surface area contributed by atoms with Crippen LogP contribution in [0, 0.1) is 0 Å². The molecule has 0 unspecified atom stereocenters. The van der Waals surface area contributed by atoms with Crippen LogP contribution >= 0.6 is 0 Å². The highest BCUT2D eigenvalue weighted by Gasteiger charge is 2.19. The number of nitrogens with two attached hydrogens (primary N) is 1. The van der Waals surface area contributed by atoms with E-state index >= 15 is 0 Å². The zero-order valence-corrected chi connectivity index (χ0v) is 12.0. The van der Waals surface area contributed by atoms with Gasteiger partial charge in [0, 0.05) is 19.1 Å². The second kappa shape index (κ2) is 7.04. The number of primary amides is 1. The molecule has 1 aromatic carbocycles. The van der Waals surface area contributed by atoms with Gasteiger partial charge in [-0.3, -0.25) is 9.59 Å². The molecule has 0 bridgehead atoms. The molecule has 0 aliphatic carbocycles. The van der Waals surface area contributed by atoms with Gasteiger partial charge in [0.05, 0.1) is 5.75 Å². The van der Waals surface area contributed by atoms with Crippen LogP contribution in [-0.4, -0.2) is 38.3 Å². The van der Waals surface area contributed by atoms with Gasteiger partial charge in [0.15, 0.2) is 0 Å². The fraction of sp³-hybridized carbons (Fsp3) is 0.385. The van der Waals surface area contributed by atoms with Gasteiger partial charge in [-0.2, -0.15) is 0 Å². The van der Waals surface area contributed by atoms with Crippen LogP contribution in [0.1, 0.15) is 12.0 Å². The molecule has 0 heterocycles. The lowest BCUT2D eigenvalue weighted by Crippen LogP contribution is -2.46. The molecule has 6 nitrogen and oxygen atoms in total. The summed E-state index contributed by atoms with van der Waals surface area (Å²) in [7, 11) is -3.21. The molecular weight excluding hydrogens is 280 g/mol. The summed E-state index contributed by atoms with van der Waals surface area (Å²) in [6.45, 7) is 0. The largest absolute Gasteiger partial charge is 0.368 e. The minimum atomic E-state index is -3.21. The maximum absolute atomic E-state index is 11.6. The van der Waals surface area contributed by atoms with Crippen molar-refractivity contribution in [3.8, 4) is 0 Å². The Morgan fingerprint density at radius 2 is 1.85 bits per heavy atom. The summed E-state index contributed by atoms with van der Waals surface area (Å²) in [6, 6.07) is 8.27. The number of amides is 2. The Hall–Kier alpha value is -1.89. The van der Waals surface area contributed by atoms with Crippen LogP contribution in [0.3, 0.4) is 0 Å². The topological polar surface area (TPSA) is 106 Å². The second-order valence-corrected chi connectivity index (χ2v) is 6.85. The van der Waals surface area contributed by atoms with Gasteiger partial charge >= 0.3 is 0 Å². The minimum absolute atomic E-state index is 0.183. The SMILES string of the molecule is CS(=O)(=O)CCC(=O)N[C@@H](Cc1ccccc1)C(N)=O. The van der Waals surface area contributed by atoms with E-state index in [0.717, 1.165) is 11.8 Å². The second-order valence-electron chi connectivity index (χ2n) is 4.59. The number of rotatable bonds is 7. The molecule has 0 spiro atoms. The molecule has 110 valence electrons. The molecule has 1 atom stereocenters. The Balaban J connectivity index is 2.59. The molecular formula is C13H18N2O4S. The summed E-state index contributed by atoms with van der Waals surface area (Å²) in [5, 5.41) is 2.46. The summed E-state index contributed by atoms with van der Waals surface area (Å²) in [5.74, 6) is -1.41. The maximum atomic E-state index is 11.6. The molecule has 0 aliphatic rings. The van der Waals surface area contributed by atoms with Gasteiger partial charge < -0.3 is 11.1 Å². The third kappa shape index (κ3) is 6.33. The molecule has 7 heteroatoms. The minimum Gasteiger partial charge on any atom is -0.368 e. The monoisotopic (exact) mass is 298 g/mol. The average Bonchev–Trinajstić information content (AvgIpc) is 2.36. The summed E-state index contributed by atoms with van der Waals surface area (Å²) < 4.78 is 21.9. The van der Waals surface area contributed by atoms with Crippen LogP contribution in [-0.2, 0) is 25.8 Å². The highest BCUT2D eigenvalue weighted by Crippen LogP contribution is 2.03. The van der Waals surface area contributed by atoms with Crippen LogP contribution in [0.5, 0.6) is 0 Å². The van der Waals surface area contributed by atoms with Gasteiger partial charge in [0.1, 0.15) is 15.9 Å². The van der Waals surface area contributed by atoms with Crippen molar-refractivity contribution in [2.45, 2.75) is 18.9 Å². The van der Waals surface area contributed by atoms with Crippen molar-refractivity contribution < 1.29 is 18.0 Å². The molecule has 1 aromatic rings. The molecule has 0 radical (unpaired) electrons. The van der Waals surface area contributed by atoms with Crippen LogP contribution in [0.4, 0.5) is 0 Å². The maximum Gasteiger partial charge on any atom is 0.240 e. The number of benzene rings is 1. The fourth-order valence-corrected chi connectivity index (χ4v) is 2.17. The quantitative estimate of drug-likeness (QED) is 0.716. The third-order valence-electron chi connectivity index (χ3n) is 2.66. The van der Waals surface area contributed by atoms with Crippen molar-refractivity contribution in [3.63, 3.8) is 0 Å². The molecule has 20 heavy (non-hydrogen) atoms. The van der Waals surface area contributed by atoms with Crippen LogP contribution in [0.15, 0.2) is 30.3 Å². The molecule has 1 rings (SSSR count). The van der Waals surface area contributed by atoms with Crippen molar-refractivity contribution in [1.82, 2.24) is 5.32 Å². The van der Waals surface area contributed by atoms with E-state index in [9.17, 15) is 18.0 Å². The Labute approximate surface area is 118 Å². The van der Waals surface area contributed by atoms with E-state index in [4.69, 9.17) is 5.73 Å². The Kier molecular flexibility index (Phi) is 5.69. The van der Waals surface area contributed by atoms with Gasteiger partial charge in [-0.25, -0.2) is 8.42 Å². The third-order valence-corrected chi connectivity index (χ3v) is 3.61. The van der Waals surface area contributed by atoms with E-state index in [1.54, 1.807) is 0 Å². The Morgan fingerprint density at radius 3 is 2.35 bits per heavy atom. The molecule has 2 amide bonds. The average molecular weight is 298 g/mol. The van der Waals surface area contributed by atoms with Crippen LogP contribution < -0.4 is 11.1 Å². The van der Waals surface area contributed by atoms with Crippen molar-refractivity contribution in [3.05, 3.63) is 35.9 Å². The first-order chi connectivity index (χ1) is 9.28. The number of sulfone groups is 1. The van der Waals surface area contributed by atoms with Gasteiger partial charge in [-0.05, 0) is 5.56 Å². The normalized spacial score (nSPS) is 12.7. The van der Waals surface area contributed by atoms with Crippen molar-refractivity contribution in [2.24, 2.45) is 5.73 Å². The zero-order valence-electron chi connectivity index (χ0n) is 11.2. The zero-order chi connectivity index (χ0) is 15.2. The van der Waals surface area contributed by atoms with Crippen molar-refractivity contribution >= 4 is 21.7 Å². The van der Waals surface area contributed by atoms with E-state index in [-0.39, 0.29) is 18.6 Å². The molecule has 0 saturated heterocycles. The summed E-state index contributed by atoms with van der Waals surface area (Å²) in [4.78, 5) is 22.9. The van der Waals surface area contributed by atoms with E-state index in [1.807, 2.05) is 30.3 Å². The summed E-state index contributed by atoms with van der Waals surface area (Å²) in [6.07, 6.45) is 1.15. The summed E-state index contributed by atoms with van der Waals surface area (Å²) in [5.41, 5.74) is 6.10. The number of hydrogen-bond acceptors (Lipinski definition) is 4. The molecule has 0 saturated carbocycles.